The SMILES string of the molecule is CCCCCCCCCCC1(O)CC2CCCC(C1)N2C(=O)OCC1c2ccccc2-c2ccccc21. The van der Waals surface area contributed by atoms with Gasteiger partial charge in [-0.15, -0.1) is 0 Å². The minimum Gasteiger partial charge on any atom is -0.448 e. The number of ether oxygens (including phenoxy) is 1. The van der Waals surface area contributed by atoms with E-state index in [4.69, 9.17) is 4.74 Å². The zero-order valence-corrected chi connectivity index (χ0v) is 22.7. The number of unbranched alkanes of at least 4 members (excludes halogenated alkanes) is 7. The summed E-state index contributed by atoms with van der Waals surface area (Å²) >= 11 is 0. The van der Waals surface area contributed by atoms with Crippen molar-refractivity contribution in [1.82, 2.24) is 4.90 Å². The van der Waals surface area contributed by atoms with E-state index in [0.29, 0.717) is 19.4 Å². The number of hydrogen-bond acceptors (Lipinski definition) is 3. The summed E-state index contributed by atoms with van der Waals surface area (Å²) in [4.78, 5) is 15.4. The molecule has 2 heterocycles. The van der Waals surface area contributed by atoms with Gasteiger partial charge in [0.05, 0.1) is 5.60 Å². The van der Waals surface area contributed by atoms with E-state index in [1.807, 2.05) is 4.90 Å². The molecule has 2 saturated heterocycles. The van der Waals surface area contributed by atoms with Gasteiger partial charge in [-0.2, -0.15) is 0 Å². The van der Waals surface area contributed by atoms with Crippen molar-refractivity contribution in [3.63, 3.8) is 0 Å². The molecule has 2 fully saturated rings. The second-order valence-electron chi connectivity index (χ2n) is 11.8. The van der Waals surface area contributed by atoms with Gasteiger partial charge in [-0.05, 0) is 60.8 Å². The monoisotopic (exact) mass is 503 g/mol. The van der Waals surface area contributed by atoms with E-state index in [9.17, 15) is 9.90 Å². The number of carbonyl (C=O) groups excluding carboxylic acids is 1. The van der Waals surface area contributed by atoms with Crippen LogP contribution in [0.1, 0.15) is 114 Å². The van der Waals surface area contributed by atoms with Crippen molar-refractivity contribution in [2.24, 2.45) is 0 Å². The fourth-order valence-corrected chi connectivity index (χ4v) is 7.29. The normalized spacial score (nSPS) is 24.5. The average molecular weight is 504 g/mol. The second-order valence-corrected chi connectivity index (χ2v) is 11.8. The fraction of sp³-hybridized carbons (Fsp3) is 0.606. The van der Waals surface area contributed by atoms with E-state index >= 15 is 0 Å². The van der Waals surface area contributed by atoms with Gasteiger partial charge < -0.3 is 14.7 Å². The minimum atomic E-state index is -0.627. The first-order chi connectivity index (χ1) is 18.1. The highest BCUT2D eigenvalue weighted by Crippen LogP contribution is 2.45. The third-order valence-corrected chi connectivity index (χ3v) is 9.14. The summed E-state index contributed by atoms with van der Waals surface area (Å²) in [7, 11) is 0. The van der Waals surface area contributed by atoms with Crippen LogP contribution in [0.2, 0.25) is 0 Å². The number of hydrogen-bond donors (Lipinski definition) is 1. The van der Waals surface area contributed by atoms with Crippen LogP contribution in [0, 0.1) is 0 Å². The molecule has 2 unspecified atom stereocenters. The summed E-state index contributed by atoms with van der Waals surface area (Å²) in [6, 6.07) is 17.1. The molecule has 5 rings (SSSR count). The highest BCUT2D eigenvalue weighted by Gasteiger charge is 2.47. The molecule has 37 heavy (non-hydrogen) atoms. The van der Waals surface area contributed by atoms with E-state index < -0.39 is 5.60 Å². The highest BCUT2D eigenvalue weighted by atomic mass is 16.6. The van der Waals surface area contributed by atoms with Crippen LogP contribution in [0.5, 0.6) is 0 Å². The van der Waals surface area contributed by atoms with Gasteiger partial charge >= 0.3 is 6.09 Å². The quantitative estimate of drug-likeness (QED) is 0.314. The minimum absolute atomic E-state index is 0.0832. The Hall–Kier alpha value is -2.33. The molecule has 3 aliphatic rings. The number of carbonyl (C=O) groups is 1. The fourth-order valence-electron chi connectivity index (χ4n) is 7.29. The largest absolute Gasteiger partial charge is 0.448 e. The Morgan fingerprint density at radius 3 is 2.00 bits per heavy atom. The van der Waals surface area contributed by atoms with Gasteiger partial charge in [-0.3, -0.25) is 0 Å². The smallest absolute Gasteiger partial charge is 0.410 e. The first-order valence-electron chi connectivity index (χ1n) is 15.0. The first kappa shape index (κ1) is 26.3. The molecule has 2 atom stereocenters. The van der Waals surface area contributed by atoms with E-state index in [-0.39, 0.29) is 24.1 Å². The highest BCUT2D eigenvalue weighted by molar-refractivity contribution is 5.79. The van der Waals surface area contributed by atoms with Gasteiger partial charge in [0.15, 0.2) is 0 Å². The Bertz CT molecular complexity index is 990. The zero-order valence-electron chi connectivity index (χ0n) is 22.7. The van der Waals surface area contributed by atoms with Crippen molar-refractivity contribution >= 4 is 6.09 Å². The van der Waals surface area contributed by atoms with Crippen LogP contribution < -0.4 is 0 Å². The molecule has 2 aliphatic heterocycles. The van der Waals surface area contributed by atoms with Gasteiger partial charge in [-0.1, -0.05) is 107 Å². The Labute approximate surface area is 223 Å². The summed E-state index contributed by atoms with van der Waals surface area (Å²) in [5, 5.41) is 11.5. The molecule has 1 aliphatic carbocycles. The molecular formula is C33H45NO3. The lowest BCUT2D eigenvalue weighted by Gasteiger charge is -2.51. The first-order valence-corrected chi connectivity index (χ1v) is 15.0. The second kappa shape index (κ2) is 12.0. The Kier molecular flexibility index (Phi) is 8.54. The van der Waals surface area contributed by atoms with Crippen molar-refractivity contribution in [3.8, 4) is 11.1 Å². The molecule has 200 valence electrons. The van der Waals surface area contributed by atoms with E-state index in [1.54, 1.807) is 0 Å². The molecule has 4 nitrogen and oxygen atoms in total. The molecule has 2 aromatic rings. The summed E-state index contributed by atoms with van der Waals surface area (Å²) in [6.07, 6.45) is 15.4. The summed E-state index contributed by atoms with van der Waals surface area (Å²) < 4.78 is 6.04. The van der Waals surface area contributed by atoms with E-state index in [1.165, 1.54) is 67.2 Å². The number of fused-ring (bicyclic) bond motifs is 5. The van der Waals surface area contributed by atoms with Gasteiger partial charge in [0, 0.05) is 18.0 Å². The van der Waals surface area contributed by atoms with E-state index in [0.717, 1.165) is 32.1 Å². The predicted octanol–water partition coefficient (Wildman–Crippen LogP) is 8.21. The summed E-state index contributed by atoms with van der Waals surface area (Å²) in [5.74, 6) is 0.0832. The number of piperidine rings is 2. The van der Waals surface area contributed by atoms with Crippen LogP contribution in [0.15, 0.2) is 48.5 Å². The number of amides is 1. The topological polar surface area (TPSA) is 49.8 Å². The van der Waals surface area contributed by atoms with Crippen molar-refractivity contribution in [1.29, 1.82) is 0 Å². The molecule has 0 saturated carbocycles. The average Bonchev–Trinajstić information content (AvgIpc) is 3.22. The Morgan fingerprint density at radius 2 is 1.41 bits per heavy atom. The third kappa shape index (κ3) is 5.90. The van der Waals surface area contributed by atoms with Crippen molar-refractivity contribution < 1.29 is 14.6 Å². The summed E-state index contributed by atoms with van der Waals surface area (Å²) in [5.41, 5.74) is 4.36. The molecule has 1 N–H and O–H groups in total. The molecule has 0 spiro atoms. The van der Waals surface area contributed by atoms with Crippen molar-refractivity contribution in [2.45, 2.75) is 120 Å². The summed E-state index contributed by atoms with van der Waals surface area (Å²) in [6.45, 7) is 2.63. The van der Waals surface area contributed by atoms with Crippen LogP contribution in [0.4, 0.5) is 4.79 Å². The molecule has 4 heteroatoms. The lowest BCUT2D eigenvalue weighted by Crippen LogP contribution is -2.60. The van der Waals surface area contributed by atoms with Crippen LogP contribution in [0.25, 0.3) is 11.1 Å². The molecule has 1 amide bonds. The number of benzene rings is 2. The number of nitrogens with zero attached hydrogens (tertiary/aromatic N) is 1. The third-order valence-electron chi connectivity index (χ3n) is 9.14. The van der Waals surface area contributed by atoms with E-state index in [2.05, 4.69) is 55.5 Å². The number of aliphatic hydroxyl groups is 1. The van der Waals surface area contributed by atoms with Crippen LogP contribution in [-0.4, -0.2) is 40.4 Å². The maximum atomic E-state index is 13.4. The molecular weight excluding hydrogens is 458 g/mol. The Morgan fingerprint density at radius 1 is 0.865 bits per heavy atom. The molecule has 2 bridgehead atoms. The molecule has 0 aromatic heterocycles. The number of rotatable bonds is 11. The van der Waals surface area contributed by atoms with Gasteiger partial charge in [-0.25, -0.2) is 4.79 Å². The van der Waals surface area contributed by atoms with Crippen LogP contribution >= 0.6 is 0 Å². The molecule has 0 radical (unpaired) electrons. The van der Waals surface area contributed by atoms with Crippen molar-refractivity contribution in [3.05, 3.63) is 59.7 Å². The lowest BCUT2D eigenvalue weighted by molar-refractivity contribution is -0.0894. The lowest BCUT2D eigenvalue weighted by atomic mass is 9.73. The van der Waals surface area contributed by atoms with Gasteiger partial charge in [0.2, 0.25) is 0 Å². The zero-order chi connectivity index (χ0) is 25.7. The van der Waals surface area contributed by atoms with Crippen LogP contribution in [0.3, 0.4) is 0 Å². The standard InChI is InChI=1S/C33H45NO3/c1-2-3-4-5-6-7-8-13-21-33(36)22-25-15-14-16-26(23-33)34(25)32(35)37-24-31-29-19-11-9-17-27(29)28-18-10-12-20-30(28)31/h9-12,17-20,25-26,31,36H,2-8,13-16,21-24H2,1H3. The predicted molar refractivity (Wildman–Crippen MR) is 150 cm³/mol. The van der Waals surface area contributed by atoms with Gasteiger partial charge in [0.1, 0.15) is 6.61 Å². The van der Waals surface area contributed by atoms with Crippen molar-refractivity contribution in [2.75, 3.05) is 6.61 Å². The maximum absolute atomic E-state index is 13.4. The maximum Gasteiger partial charge on any atom is 0.410 e. The van der Waals surface area contributed by atoms with Crippen LogP contribution in [-0.2, 0) is 4.74 Å². The molecule has 2 aromatic carbocycles. The Balaban J connectivity index is 1.15. The van der Waals surface area contributed by atoms with Gasteiger partial charge in [0.25, 0.3) is 0 Å².